The minimum atomic E-state index is 0.767. The van der Waals surface area contributed by atoms with Crippen LogP contribution in [0.3, 0.4) is 0 Å². The number of hydrogen-bond donors (Lipinski definition) is 1. The summed E-state index contributed by atoms with van der Waals surface area (Å²) < 4.78 is 0. The maximum atomic E-state index is 3.65. The van der Waals surface area contributed by atoms with E-state index in [1.165, 1.54) is 58.3 Å². The van der Waals surface area contributed by atoms with Crippen molar-refractivity contribution >= 4 is 0 Å². The topological polar surface area (TPSA) is 18.5 Å². The van der Waals surface area contributed by atoms with Gasteiger partial charge in [-0.2, -0.15) is 0 Å². The van der Waals surface area contributed by atoms with E-state index in [1.807, 2.05) is 0 Å². The summed E-state index contributed by atoms with van der Waals surface area (Å²) in [4.78, 5) is 5.43. The van der Waals surface area contributed by atoms with Crippen LogP contribution in [0.4, 0.5) is 0 Å². The van der Waals surface area contributed by atoms with Crippen LogP contribution in [0.25, 0.3) is 0 Å². The van der Waals surface area contributed by atoms with Crippen molar-refractivity contribution in [1.29, 1.82) is 0 Å². The molecule has 2 aliphatic rings. The van der Waals surface area contributed by atoms with E-state index in [2.05, 4.69) is 35.9 Å². The zero-order valence-electron chi connectivity index (χ0n) is 13.2. The second-order valence-electron chi connectivity index (χ2n) is 6.40. The summed E-state index contributed by atoms with van der Waals surface area (Å²) in [6.07, 6.45) is 6.87. The molecule has 1 saturated heterocycles. The molecule has 0 radical (unpaired) electrons. The zero-order valence-corrected chi connectivity index (χ0v) is 13.2. The molecule has 112 valence electrons. The van der Waals surface area contributed by atoms with Crippen molar-refractivity contribution in [3.8, 4) is 0 Å². The highest BCUT2D eigenvalue weighted by atomic mass is 15.3. The fraction of sp³-hybridized carbons (Fsp3) is 1.00. The molecule has 0 aromatic carbocycles. The Morgan fingerprint density at radius 2 is 1.84 bits per heavy atom. The highest BCUT2D eigenvalue weighted by Crippen LogP contribution is 2.24. The lowest BCUT2D eigenvalue weighted by atomic mass is 9.89. The molecule has 3 heteroatoms. The van der Waals surface area contributed by atoms with Crippen molar-refractivity contribution < 1.29 is 0 Å². The molecule has 0 aromatic rings. The highest BCUT2D eigenvalue weighted by molar-refractivity contribution is 4.87. The summed E-state index contributed by atoms with van der Waals surface area (Å²) in [6, 6.07) is 2.39. The average Bonchev–Trinajstić information content (AvgIpc) is 2.47. The second-order valence-corrected chi connectivity index (χ2v) is 6.40. The average molecular weight is 267 g/mol. The molecule has 0 aromatic heterocycles. The van der Waals surface area contributed by atoms with Gasteiger partial charge in [0, 0.05) is 44.3 Å². The summed E-state index contributed by atoms with van der Waals surface area (Å²) in [5, 5.41) is 3.65. The number of nitrogens with zero attached hydrogens (tertiary/aromatic N) is 2. The smallest absolute Gasteiger partial charge is 0.0113 e. The predicted molar refractivity (Wildman–Crippen MR) is 82.6 cm³/mol. The molecule has 0 amide bonds. The molecule has 3 atom stereocenters. The Kier molecular flexibility index (Phi) is 6.11. The number of nitrogens with one attached hydrogen (secondary N) is 1. The normalized spacial score (nSPS) is 32.4. The van der Waals surface area contributed by atoms with Crippen molar-refractivity contribution in [3.63, 3.8) is 0 Å². The summed E-state index contributed by atoms with van der Waals surface area (Å²) in [5.74, 6) is 0. The molecule has 2 fully saturated rings. The van der Waals surface area contributed by atoms with Gasteiger partial charge in [-0.25, -0.2) is 0 Å². The van der Waals surface area contributed by atoms with Gasteiger partial charge in [0.2, 0.25) is 0 Å². The predicted octanol–water partition coefficient (Wildman–Crippen LogP) is 2.32. The van der Waals surface area contributed by atoms with Crippen LogP contribution in [0.1, 0.15) is 52.9 Å². The van der Waals surface area contributed by atoms with E-state index < -0.39 is 0 Å². The first-order chi connectivity index (χ1) is 9.24. The van der Waals surface area contributed by atoms with Gasteiger partial charge in [0.1, 0.15) is 0 Å². The molecule has 0 bridgehead atoms. The van der Waals surface area contributed by atoms with Crippen LogP contribution in [0.15, 0.2) is 0 Å². The number of piperazine rings is 1. The minimum absolute atomic E-state index is 0.767. The fourth-order valence-electron chi connectivity index (χ4n) is 3.77. The van der Waals surface area contributed by atoms with Gasteiger partial charge in [-0.15, -0.1) is 0 Å². The standard InChI is InChI=1S/C16H33N3/c1-4-14(3)18-9-11-19(12-10-18)16-8-6-7-15(13-16)17-5-2/h14-17H,4-13H2,1-3H3. The third kappa shape index (κ3) is 4.17. The van der Waals surface area contributed by atoms with Gasteiger partial charge in [-0.3, -0.25) is 9.80 Å². The Bertz CT molecular complexity index is 246. The van der Waals surface area contributed by atoms with Crippen molar-refractivity contribution in [2.24, 2.45) is 0 Å². The van der Waals surface area contributed by atoms with Crippen molar-refractivity contribution in [2.75, 3.05) is 32.7 Å². The molecule has 2 rings (SSSR count). The zero-order chi connectivity index (χ0) is 13.7. The van der Waals surface area contributed by atoms with E-state index in [9.17, 15) is 0 Å². The first-order valence-electron chi connectivity index (χ1n) is 8.46. The molecule has 3 unspecified atom stereocenters. The van der Waals surface area contributed by atoms with E-state index >= 15 is 0 Å². The lowest BCUT2D eigenvalue weighted by molar-refractivity contribution is 0.0543. The van der Waals surface area contributed by atoms with Crippen molar-refractivity contribution in [2.45, 2.75) is 71.0 Å². The molecule has 19 heavy (non-hydrogen) atoms. The number of rotatable bonds is 5. The molecule has 0 spiro atoms. The lowest BCUT2D eigenvalue weighted by Gasteiger charge is -2.44. The molecule has 1 heterocycles. The van der Waals surface area contributed by atoms with Crippen LogP contribution in [0.5, 0.6) is 0 Å². The van der Waals surface area contributed by atoms with E-state index in [0.29, 0.717) is 0 Å². The van der Waals surface area contributed by atoms with Gasteiger partial charge in [0.15, 0.2) is 0 Å². The van der Waals surface area contributed by atoms with Gasteiger partial charge in [-0.1, -0.05) is 20.3 Å². The molecular weight excluding hydrogens is 234 g/mol. The molecule has 1 N–H and O–H groups in total. The molecule has 1 aliphatic carbocycles. The van der Waals surface area contributed by atoms with Gasteiger partial charge < -0.3 is 5.32 Å². The second kappa shape index (κ2) is 7.61. The third-order valence-electron chi connectivity index (χ3n) is 5.22. The lowest BCUT2D eigenvalue weighted by Crippen LogP contribution is -2.54. The Labute approximate surface area is 119 Å². The summed E-state index contributed by atoms with van der Waals surface area (Å²) >= 11 is 0. The van der Waals surface area contributed by atoms with Crippen molar-refractivity contribution in [3.05, 3.63) is 0 Å². The Balaban J connectivity index is 1.77. The van der Waals surface area contributed by atoms with Crippen LogP contribution < -0.4 is 5.32 Å². The fourth-order valence-corrected chi connectivity index (χ4v) is 3.77. The van der Waals surface area contributed by atoms with Crippen LogP contribution in [0, 0.1) is 0 Å². The van der Waals surface area contributed by atoms with E-state index in [4.69, 9.17) is 0 Å². The summed E-state index contributed by atoms with van der Waals surface area (Å²) in [7, 11) is 0. The Hall–Kier alpha value is -0.120. The van der Waals surface area contributed by atoms with Gasteiger partial charge in [0.25, 0.3) is 0 Å². The first kappa shape index (κ1) is 15.3. The van der Waals surface area contributed by atoms with Crippen LogP contribution in [-0.4, -0.2) is 60.6 Å². The SMILES string of the molecule is CCNC1CCCC(N2CCN(C(C)CC)CC2)C1. The van der Waals surface area contributed by atoms with Crippen LogP contribution in [0.2, 0.25) is 0 Å². The molecule has 1 saturated carbocycles. The van der Waals surface area contributed by atoms with Crippen molar-refractivity contribution in [1.82, 2.24) is 15.1 Å². The van der Waals surface area contributed by atoms with E-state index in [-0.39, 0.29) is 0 Å². The molecule has 3 nitrogen and oxygen atoms in total. The van der Waals surface area contributed by atoms with Gasteiger partial charge in [-0.05, 0) is 39.2 Å². The Morgan fingerprint density at radius 3 is 2.47 bits per heavy atom. The highest BCUT2D eigenvalue weighted by Gasteiger charge is 2.29. The van der Waals surface area contributed by atoms with Gasteiger partial charge >= 0.3 is 0 Å². The largest absolute Gasteiger partial charge is 0.314 e. The van der Waals surface area contributed by atoms with E-state index in [0.717, 1.165) is 24.7 Å². The molecular formula is C16H33N3. The number of hydrogen-bond acceptors (Lipinski definition) is 3. The summed E-state index contributed by atoms with van der Waals surface area (Å²) in [6.45, 7) is 13.2. The quantitative estimate of drug-likeness (QED) is 0.825. The first-order valence-corrected chi connectivity index (χ1v) is 8.46. The maximum Gasteiger partial charge on any atom is 0.0113 e. The van der Waals surface area contributed by atoms with Crippen LogP contribution in [-0.2, 0) is 0 Å². The van der Waals surface area contributed by atoms with Gasteiger partial charge in [0.05, 0.1) is 0 Å². The van der Waals surface area contributed by atoms with Crippen LogP contribution >= 0.6 is 0 Å². The summed E-state index contributed by atoms with van der Waals surface area (Å²) in [5.41, 5.74) is 0. The minimum Gasteiger partial charge on any atom is -0.314 e. The maximum absolute atomic E-state index is 3.65. The Morgan fingerprint density at radius 1 is 1.11 bits per heavy atom. The van der Waals surface area contributed by atoms with E-state index in [1.54, 1.807) is 0 Å². The third-order valence-corrected chi connectivity index (χ3v) is 5.22. The molecule has 1 aliphatic heterocycles. The monoisotopic (exact) mass is 267 g/mol.